The lowest BCUT2D eigenvalue weighted by Gasteiger charge is -2.13. The molecule has 108 valence electrons. The quantitative estimate of drug-likeness (QED) is 0.511. The number of unbranched alkanes of at least 4 members (excludes halogenated alkanes) is 7. The van der Waals surface area contributed by atoms with Crippen LogP contribution in [0.1, 0.15) is 83.1 Å². The smallest absolute Gasteiger partial charge is 0.119 e. The summed E-state index contributed by atoms with van der Waals surface area (Å²) in [6.07, 6.45) is 12.1. The average molecular weight is 262 g/mol. The van der Waals surface area contributed by atoms with Crippen LogP contribution in [-0.4, -0.2) is 5.11 Å². The number of aromatic hydroxyl groups is 1. The van der Waals surface area contributed by atoms with Gasteiger partial charge in [0.25, 0.3) is 0 Å². The maximum Gasteiger partial charge on any atom is 0.119 e. The molecule has 1 rings (SSSR count). The Morgan fingerprint density at radius 1 is 0.895 bits per heavy atom. The van der Waals surface area contributed by atoms with Crippen molar-refractivity contribution >= 4 is 0 Å². The van der Waals surface area contributed by atoms with Gasteiger partial charge in [-0.3, -0.25) is 0 Å². The van der Waals surface area contributed by atoms with Crippen molar-refractivity contribution in [2.75, 3.05) is 0 Å². The van der Waals surface area contributed by atoms with Crippen molar-refractivity contribution in [3.05, 3.63) is 29.8 Å². The minimum atomic E-state index is 0.453. The van der Waals surface area contributed by atoms with Gasteiger partial charge in [0.1, 0.15) is 5.75 Å². The number of phenolic OH excluding ortho intramolecular Hbond substituents is 1. The maximum absolute atomic E-state index is 9.80. The Morgan fingerprint density at radius 2 is 1.47 bits per heavy atom. The first kappa shape index (κ1) is 16.1. The molecule has 0 saturated heterocycles. The third-order valence-electron chi connectivity index (χ3n) is 3.96. The van der Waals surface area contributed by atoms with Crippen LogP contribution in [0.4, 0.5) is 0 Å². The van der Waals surface area contributed by atoms with E-state index in [9.17, 15) is 5.11 Å². The Bertz CT molecular complexity index is 332. The van der Waals surface area contributed by atoms with Gasteiger partial charge < -0.3 is 5.11 Å². The van der Waals surface area contributed by atoms with Gasteiger partial charge >= 0.3 is 0 Å². The summed E-state index contributed by atoms with van der Waals surface area (Å²) >= 11 is 0. The van der Waals surface area contributed by atoms with E-state index in [1.54, 1.807) is 6.07 Å². The molecule has 0 fully saturated rings. The highest BCUT2D eigenvalue weighted by molar-refractivity contribution is 5.34. The molecule has 1 N–H and O–H groups in total. The van der Waals surface area contributed by atoms with Crippen LogP contribution in [0.15, 0.2) is 24.3 Å². The average Bonchev–Trinajstić information content (AvgIpc) is 2.42. The van der Waals surface area contributed by atoms with Gasteiger partial charge in [0, 0.05) is 0 Å². The Hall–Kier alpha value is -0.980. The van der Waals surface area contributed by atoms with E-state index in [1.165, 1.54) is 57.8 Å². The number of para-hydroxylation sites is 1. The molecular formula is C18H30O. The van der Waals surface area contributed by atoms with Gasteiger partial charge in [-0.25, -0.2) is 0 Å². The van der Waals surface area contributed by atoms with Gasteiger partial charge in [0.05, 0.1) is 0 Å². The third-order valence-corrected chi connectivity index (χ3v) is 3.96. The fraction of sp³-hybridized carbons (Fsp3) is 0.667. The number of benzene rings is 1. The van der Waals surface area contributed by atoms with Crippen LogP contribution in [0.2, 0.25) is 0 Å². The molecule has 1 aromatic carbocycles. The molecule has 1 nitrogen and oxygen atoms in total. The number of hydrogen-bond donors (Lipinski definition) is 1. The first-order chi connectivity index (χ1) is 9.25. The van der Waals surface area contributed by atoms with E-state index in [0.29, 0.717) is 11.7 Å². The van der Waals surface area contributed by atoms with Crippen molar-refractivity contribution in [1.29, 1.82) is 0 Å². The summed E-state index contributed by atoms with van der Waals surface area (Å²) in [7, 11) is 0. The summed E-state index contributed by atoms with van der Waals surface area (Å²) in [5.74, 6) is 0.927. The Morgan fingerprint density at radius 3 is 2.11 bits per heavy atom. The van der Waals surface area contributed by atoms with Gasteiger partial charge in [-0.1, -0.05) is 83.4 Å². The molecule has 1 heteroatoms. The second-order valence-corrected chi connectivity index (χ2v) is 5.72. The predicted octanol–water partition coefficient (Wildman–Crippen LogP) is 6.03. The first-order valence-electron chi connectivity index (χ1n) is 8.03. The lowest BCUT2D eigenvalue weighted by Crippen LogP contribution is -1.94. The van der Waals surface area contributed by atoms with Gasteiger partial charge in [-0.2, -0.15) is 0 Å². The zero-order valence-corrected chi connectivity index (χ0v) is 12.7. The molecule has 0 saturated carbocycles. The molecule has 1 aromatic rings. The minimum Gasteiger partial charge on any atom is -0.508 e. The van der Waals surface area contributed by atoms with E-state index >= 15 is 0 Å². The zero-order chi connectivity index (χ0) is 13.9. The van der Waals surface area contributed by atoms with Crippen LogP contribution < -0.4 is 0 Å². The van der Waals surface area contributed by atoms with E-state index < -0.39 is 0 Å². The summed E-state index contributed by atoms with van der Waals surface area (Å²) in [4.78, 5) is 0. The predicted molar refractivity (Wildman–Crippen MR) is 83.7 cm³/mol. The fourth-order valence-electron chi connectivity index (χ4n) is 2.64. The summed E-state index contributed by atoms with van der Waals surface area (Å²) < 4.78 is 0. The number of phenols is 1. The van der Waals surface area contributed by atoms with Crippen molar-refractivity contribution in [3.8, 4) is 5.75 Å². The van der Waals surface area contributed by atoms with Crippen molar-refractivity contribution in [3.63, 3.8) is 0 Å². The Balaban J connectivity index is 2.08. The lowest BCUT2D eigenvalue weighted by atomic mass is 9.94. The van der Waals surface area contributed by atoms with Crippen LogP contribution in [-0.2, 0) is 0 Å². The molecule has 0 amide bonds. The van der Waals surface area contributed by atoms with E-state index in [0.717, 1.165) is 5.56 Å². The van der Waals surface area contributed by atoms with Crippen LogP contribution in [0.25, 0.3) is 0 Å². The van der Waals surface area contributed by atoms with Crippen molar-refractivity contribution in [2.24, 2.45) is 0 Å². The molecule has 0 aliphatic rings. The van der Waals surface area contributed by atoms with E-state index in [2.05, 4.69) is 13.8 Å². The molecule has 1 atom stereocenters. The minimum absolute atomic E-state index is 0.453. The standard InChI is InChI=1S/C18H30O/c1-3-4-5-6-7-8-9-10-13-16(2)17-14-11-12-15-18(17)19/h11-12,14-16,19H,3-10,13H2,1-2H3. The molecule has 19 heavy (non-hydrogen) atoms. The van der Waals surface area contributed by atoms with Crippen molar-refractivity contribution in [1.82, 2.24) is 0 Å². The molecule has 0 radical (unpaired) electrons. The van der Waals surface area contributed by atoms with Gasteiger partial charge in [0.15, 0.2) is 0 Å². The van der Waals surface area contributed by atoms with E-state index in [-0.39, 0.29) is 0 Å². The van der Waals surface area contributed by atoms with Crippen molar-refractivity contribution < 1.29 is 5.11 Å². The second-order valence-electron chi connectivity index (χ2n) is 5.72. The molecule has 0 heterocycles. The fourth-order valence-corrected chi connectivity index (χ4v) is 2.64. The van der Waals surface area contributed by atoms with Gasteiger partial charge in [-0.15, -0.1) is 0 Å². The monoisotopic (exact) mass is 262 g/mol. The Labute approximate surface area is 119 Å². The van der Waals surface area contributed by atoms with Crippen LogP contribution in [0.5, 0.6) is 5.75 Å². The van der Waals surface area contributed by atoms with Crippen LogP contribution in [0, 0.1) is 0 Å². The summed E-state index contributed by atoms with van der Waals surface area (Å²) in [5, 5.41) is 9.80. The molecule has 0 bridgehead atoms. The second kappa shape index (κ2) is 9.89. The maximum atomic E-state index is 9.80. The first-order valence-corrected chi connectivity index (χ1v) is 8.03. The normalized spacial score (nSPS) is 12.5. The third kappa shape index (κ3) is 6.66. The largest absolute Gasteiger partial charge is 0.508 e. The van der Waals surface area contributed by atoms with Gasteiger partial charge in [0.2, 0.25) is 0 Å². The lowest BCUT2D eigenvalue weighted by molar-refractivity contribution is 0.457. The van der Waals surface area contributed by atoms with Crippen LogP contribution in [0.3, 0.4) is 0 Å². The highest BCUT2D eigenvalue weighted by atomic mass is 16.3. The van der Waals surface area contributed by atoms with E-state index in [1.807, 2.05) is 18.2 Å². The summed E-state index contributed by atoms with van der Waals surface area (Å²) in [6, 6.07) is 7.74. The topological polar surface area (TPSA) is 20.2 Å². The SMILES string of the molecule is CCCCCCCCCCC(C)c1ccccc1O. The molecule has 0 aromatic heterocycles. The highest BCUT2D eigenvalue weighted by Gasteiger charge is 2.08. The van der Waals surface area contributed by atoms with Gasteiger partial charge in [-0.05, 0) is 24.0 Å². The Kier molecular flexibility index (Phi) is 8.36. The van der Waals surface area contributed by atoms with Crippen LogP contribution >= 0.6 is 0 Å². The highest BCUT2D eigenvalue weighted by Crippen LogP contribution is 2.29. The van der Waals surface area contributed by atoms with E-state index in [4.69, 9.17) is 0 Å². The molecular weight excluding hydrogens is 232 g/mol. The summed E-state index contributed by atoms with van der Waals surface area (Å²) in [5.41, 5.74) is 1.10. The van der Waals surface area contributed by atoms with Crippen molar-refractivity contribution in [2.45, 2.75) is 77.6 Å². The molecule has 0 aliphatic carbocycles. The zero-order valence-electron chi connectivity index (χ0n) is 12.7. The summed E-state index contributed by atoms with van der Waals surface area (Å²) in [6.45, 7) is 4.48. The number of hydrogen-bond acceptors (Lipinski definition) is 1. The number of rotatable bonds is 10. The molecule has 1 unspecified atom stereocenters. The molecule has 0 aliphatic heterocycles. The molecule has 0 spiro atoms.